The van der Waals surface area contributed by atoms with Crippen molar-refractivity contribution in [1.29, 1.82) is 0 Å². The van der Waals surface area contributed by atoms with Crippen LogP contribution in [0.3, 0.4) is 0 Å². The van der Waals surface area contributed by atoms with Crippen molar-refractivity contribution in [2.45, 2.75) is 6.92 Å². The van der Waals surface area contributed by atoms with Gasteiger partial charge in [-0.25, -0.2) is 0 Å². The van der Waals surface area contributed by atoms with Gasteiger partial charge in [0.15, 0.2) is 12.7 Å². The first-order valence-corrected chi connectivity index (χ1v) is 9.39. The number of hydrogen-bond donors (Lipinski definition) is 0. The third-order valence-corrected chi connectivity index (χ3v) is 4.07. The molecule has 0 spiro atoms. The maximum Gasteiger partial charge on any atom is 1.00 e. The summed E-state index contributed by atoms with van der Waals surface area (Å²) in [4.78, 5) is 0. The molecule has 0 aliphatic heterocycles. The Kier molecular flexibility index (Phi) is 6.37. The van der Waals surface area contributed by atoms with Gasteiger partial charge < -0.3 is 13.8 Å². The van der Waals surface area contributed by atoms with Crippen LogP contribution in [0.15, 0.2) is 54.6 Å². The highest BCUT2D eigenvalue weighted by molar-refractivity contribution is 7.79. The molecular formula is C19H22N2O5S. The van der Waals surface area contributed by atoms with E-state index in [1.807, 2.05) is 18.2 Å². The van der Waals surface area contributed by atoms with Gasteiger partial charge >= 0.3 is 1.43 Å². The number of hydrogen-bond acceptors (Lipinski definition) is 5. The second-order valence-corrected chi connectivity index (χ2v) is 6.74. The van der Waals surface area contributed by atoms with E-state index in [0.29, 0.717) is 0 Å². The molecule has 144 valence electrons. The van der Waals surface area contributed by atoms with Gasteiger partial charge in [0, 0.05) is 16.0 Å². The van der Waals surface area contributed by atoms with Crippen molar-refractivity contribution < 1.29 is 28.4 Å². The van der Waals surface area contributed by atoms with Crippen molar-refractivity contribution >= 4 is 10.4 Å². The van der Waals surface area contributed by atoms with E-state index in [-0.39, 0.29) is 1.43 Å². The van der Waals surface area contributed by atoms with Crippen LogP contribution in [0.5, 0.6) is 5.75 Å². The van der Waals surface area contributed by atoms with Gasteiger partial charge in [-0.15, -0.1) is 4.68 Å². The minimum atomic E-state index is -5.17. The van der Waals surface area contributed by atoms with Crippen molar-refractivity contribution in [3.05, 3.63) is 60.2 Å². The summed E-state index contributed by atoms with van der Waals surface area (Å²) in [6.07, 6.45) is 0. The molecule has 8 heteroatoms. The number of aryl methyl sites for hydroxylation is 1. The first-order valence-electron chi connectivity index (χ1n) is 8.05. The number of rotatable bonds is 3. The molecule has 27 heavy (non-hydrogen) atoms. The summed E-state index contributed by atoms with van der Waals surface area (Å²) in [5.41, 5.74) is 5.73. The SMILES string of the molecule is COc1c(-c2ccccc2)n(C)[n+](C)c1-c1cccc(C)c1.O=S(=O)([O-])[O-].[H+]. The van der Waals surface area contributed by atoms with Gasteiger partial charge in [0.05, 0.1) is 19.7 Å². The monoisotopic (exact) mass is 390 g/mol. The van der Waals surface area contributed by atoms with Crippen LogP contribution in [0, 0.1) is 6.92 Å². The van der Waals surface area contributed by atoms with Crippen molar-refractivity contribution in [1.82, 2.24) is 4.68 Å². The van der Waals surface area contributed by atoms with E-state index < -0.39 is 10.4 Å². The number of nitrogens with zero attached hydrogens (tertiary/aromatic N) is 2. The quantitative estimate of drug-likeness (QED) is 0.388. The lowest BCUT2D eigenvalue weighted by atomic mass is 10.1. The summed E-state index contributed by atoms with van der Waals surface area (Å²) >= 11 is 0. The summed E-state index contributed by atoms with van der Waals surface area (Å²) in [5.74, 6) is 0.904. The van der Waals surface area contributed by atoms with Gasteiger partial charge in [-0.3, -0.25) is 8.42 Å². The molecule has 0 N–H and O–H groups in total. The molecule has 1 heterocycles. The van der Waals surface area contributed by atoms with E-state index in [4.69, 9.17) is 22.3 Å². The number of methoxy groups -OCH3 is 1. The van der Waals surface area contributed by atoms with Crippen LogP contribution in [0.25, 0.3) is 22.5 Å². The standard InChI is InChI=1S/C19H21N2O.H2O4S/c1-14-9-8-12-16(13-14)18-19(22-4)17(20(2)21(18)3)15-10-6-5-7-11-15;1-5(2,3)4/h5-13H,1-4H3;(H2,1,2,3,4)/q+1;/p-1. The summed E-state index contributed by atoms with van der Waals surface area (Å²) < 4.78 is 44.1. The van der Waals surface area contributed by atoms with Crippen molar-refractivity contribution in [2.75, 3.05) is 7.11 Å². The Hall–Kier alpha value is -2.68. The molecule has 3 rings (SSSR count). The molecule has 3 aromatic rings. The van der Waals surface area contributed by atoms with Crippen LogP contribution in [-0.4, -0.2) is 29.3 Å². The Morgan fingerprint density at radius 3 is 2.11 bits per heavy atom. The van der Waals surface area contributed by atoms with E-state index in [9.17, 15) is 0 Å². The lowest BCUT2D eigenvalue weighted by Crippen LogP contribution is -2.39. The largest absolute Gasteiger partial charge is 1.00 e. The minimum Gasteiger partial charge on any atom is -0.759 e. The van der Waals surface area contributed by atoms with Gasteiger partial charge in [-0.2, -0.15) is 4.68 Å². The smallest absolute Gasteiger partial charge is 0.759 e. The van der Waals surface area contributed by atoms with Gasteiger partial charge in [-0.1, -0.05) is 48.0 Å². The molecule has 0 atom stereocenters. The Morgan fingerprint density at radius 2 is 1.59 bits per heavy atom. The maximum atomic E-state index is 8.52. The first kappa shape index (κ1) is 20.6. The lowest BCUT2D eigenvalue weighted by Gasteiger charge is -2.06. The second-order valence-electron chi connectivity index (χ2n) is 5.92. The summed E-state index contributed by atoms with van der Waals surface area (Å²) in [7, 11) is 0.692. The predicted molar refractivity (Wildman–Crippen MR) is 100 cm³/mol. The summed E-state index contributed by atoms with van der Waals surface area (Å²) in [5, 5.41) is 0. The molecule has 0 aliphatic rings. The number of benzene rings is 2. The van der Waals surface area contributed by atoms with Crippen LogP contribution in [0.1, 0.15) is 6.99 Å². The summed E-state index contributed by atoms with van der Waals surface area (Å²) in [6.45, 7) is 2.11. The molecule has 0 unspecified atom stereocenters. The molecule has 1 aromatic heterocycles. The first-order chi connectivity index (χ1) is 12.6. The second kappa shape index (κ2) is 8.34. The predicted octanol–water partition coefficient (Wildman–Crippen LogP) is 2.28. The molecule has 0 saturated carbocycles. The highest BCUT2D eigenvalue weighted by atomic mass is 32.3. The zero-order valence-electron chi connectivity index (χ0n) is 16.5. The molecule has 0 saturated heterocycles. The average molecular weight is 390 g/mol. The van der Waals surface area contributed by atoms with Gasteiger partial charge in [0.25, 0.3) is 5.69 Å². The topological polar surface area (TPSA) is 98.3 Å². The van der Waals surface area contributed by atoms with E-state index >= 15 is 0 Å². The van der Waals surface area contributed by atoms with Gasteiger partial charge in [0.1, 0.15) is 0 Å². The van der Waals surface area contributed by atoms with E-state index in [1.54, 1.807) is 7.11 Å². The Morgan fingerprint density at radius 1 is 1.04 bits per heavy atom. The molecule has 7 nitrogen and oxygen atoms in total. The van der Waals surface area contributed by atoms with Crippen LogP contribution >= 0.6 is 0 Å². The fourth-order valence-corrected chi connectivity index (χ4v) is 2.92. The third kappa shape index (κ3) is 5.16. The van der Waals surface area contributed by atoms with Crippen molar-refractivity contribution in [3.8, 4) is 28.3 Å². The molecule has 0 fully saturated rings. The van der Waals surface area contributed by atoms with Crippen molar-refractivity contribution in [2.24, 2.45) is 14.1 Å². The van der Waals surface area contributed by atoms with Crippen LogP contribution < -0.4 is 9.42 Å². The van der Waals surface area contributed by atoms with E-state index in [1.165, 1.54) is 5.56 Å². The fourth-order valence-electron chi connectivity index (χ4n) is 2.92. The molecule has 0 radical (unpaired) electrons. The third-order valence-electron chi connectivity index (χ3n) is 4.07. The number of ether oxygens (including phenoxy) is 1. The fraction of sp³-hybridized carbons (Fsp3) is 0.211. The molecular weight excluding hydrogens is 368 g/mol. The molecule has 0 amide bonds. The Balaban J connectivity index is 0.000000584. The van der Waals surface area contributed by atoms with Crippen molar-refractivity contribution in [3.63, 3.8) is 0 Å². The summed E-state index contributed by atoms with van der Waals surface area (Å²) in [6, 6.07) is 18.8. The van der Waals surface area contributed by atoms with E-state index in [0.717, 1.165) is 28.3 Å². The highest BCUT2D eigenvalue weighted by Gasteiger charge is 2.29. The van der Waals surface area contributed by atoms with Crippen LogP contribution in [0.2, 0.25) is 0 Å². The normalized spacial score (nSPS) is 10.9. The van der Waals surface area contributed by atoms with Gasteiger partial charge in [0.2, 0.25) is 5.75 Å². The molecule has 2 aromatic carbocycles. The van der Waals surface area contributed by atoms with Gasteiger partial charge in [-0.05, 0) is 19.1 Å². The minimum absolute atomic E-state index is 0. The zero-order chi connectivity index (χ0) is 20.2. The molecule has 0 aliphatic carbocycles. The molecule has 0 bridgehead atoms. The highest BCUT2D eigenvalue weighted by Crippen LogP contribution is 2.37. The average Bonchev–Trinajstić information content (AvgIpc) is 2.85. The Labute approximate surface area is 160 Å². The number of aromatic nitrogens is 2. The maximum absolute atomic E-state index is 8.52. The Bertz CT molecular complexity index is 1030. The van der Waals surface area contributed by atoms with Crippen LogP contribution in [0.4, 0.5) is 0 Å². The zero-order valence-corrected chi connectivity index (χ0v) is 16.4. The van der Waals surface area contributed by atoms with E-state index in [2.05, 4.69) is 66.8 Å². The lowest BCUT2D eigenvalue weighted by molar-refractivity contribution is -0.740. The van der Waals surface area contributed by atoms with Crippen LogP contribution in [-0.2, 0) is 24.5 Å².